The van der Waals surface area contributed by atoms with E-state index in [-0.39, 0.29) is 0 Å². The summed E-state index contributed by atoms with van der Waals surface area (Å²) in [6.45, 7) is 2.97. The summed E-state index contributed by atoms with van der Waals surface area (Å²) in [6.07, 6.45) is 1.91. The van der Waals surface area contributed by atoms with Crippen molar-refractivity contribution in [2.24, 2.45) is 0 Å². The highest BCUT2D eigenvalue weighted by Crippen LogP contribution is 2.27. The second kappa shape index (κ2) is 6.61. The Balaban J connectivity index is 2.03. The third kappa shape index (κ3) is 3.86. The van der Waals surface area contributed by atoms with Crippen LogP contribution in [0.3, 0.4) is 0 Å². The maximum atomic E-state index is 4.35. The first-order valence-electron chi connectivity index (χ1n) is 5.35. The Morgan fingerprint density at radius 1 is 1.41 bits per heavy atom. The van der Waals surface area contributed by atoms with E-state index in [4.69, 9.17) is 0 Å². The van der Waals surface area contributed by atoms with Crippen molar-refractivity contribution in [3.8, 4) is 0 Å². The number of halogens is 1. The van der Waals surface area contributed by atoms with Gasteiger partial charge in [0.2, 0.25) is 0 Å². The highest BCUT2D eigenvalue weighted by molar-refractivity contribution is 14.1. The van der Waals surface area contributed by atoms with Gasteiger partial charge in [0.1, 0.15) is 5.01 Å². The van der Waals surface area contributed by atoms with Gasteiger partial charge in [0.15, 0.2) is 0 Å². The number of hydrogen-bond acceptors (Lipinski definition) is 4. The van der Waals surface area contributed by atoms with E-state index in [1.54, 1.807) is 11.3 Å². The molecule has 17 heavy (non-hydrogen) atoms. The molecule has 0 bridgehead atoms. The zero-order valence-electron chi connectivity index (χ0n) is 9.44. The van der Waals surface area contributed by atoms with Gasteiger partial charge in [0.25, 0.3) is 0 Å². The summed E-state index contributed by atoms with van der Waals surface area (Å²) in [5.41, 5.74) is 1.20. The lowest BCUT2D eigenvalue weighted by atomic mass is 10.3. The van der Waals surface area contributed by atoms with E-state index in [2.05, 4.69) is 64.1 Å². The lowest BCUT2D eigenvalue weighted by Crippen LogP contribution is -1.99. The Kier molecular flexibility index (Phi) is 5.12. The Morgan fingerprint density at radius 2 is 2.24 bits per heavy atom. The van der Waals surface area contributed by atoms with Crippen LogP contribution in [-0.4, -0.2) is 10.7 Å². The summed E-state index contributed by atoms with van der Waals surface area (Å²) in [7, 11) is 0. The van der Waals surface area contributed by atoms with Crippen LogP contribution in [0.25, 0.3) is 0 Å². The molecule has 0 aliphatic carbocycles. The van der Waals surface area contributed by atoms with E-state index in [9.17, 15) is 0 Å². The van der Waals surface area contributed by atoms with E-state index in [0.29, 0.717) is 0 Å². The van der Waals surface area contributed by atoms with E-state index < -0.39 is 0 Å². The van der Waals surface area contributed by atoms with Crippen molar-refractivity contribution in [2.45, 2.75) is 18.4 Å². The molecule has 0 fully saturated rings. The van der Waals surface area contributed by atoms with Crippen molar-refractivity contribution in [1.82, 2.24) is 4.98 Å². The first kappa shape index (κ1) is 13.2. The van der Waals surface area contributed by atoms with Crippen molar-refractivity contribution >= 4 is 51.4 Å². The van der Waals surface area contributed by atoms with Crippen molar-refractivity contribution in [3.05, 3.63) is 38.4 Å². The molecule has 1 aromatic carbocycles. The van der Waals surface area contributed by atoms with Crippen molar-refractivity contribution in [1.29, 1.82) is 0 Å². The third-order valence-electron chi connectivity index (χ3n) is 2.14. The van der Waals surface area contributed by atoms with Crippen LogP contribution < -0.4 is 5.32 Å². The Labute approximate surface area is 123 Å². The van der Waals surface area contributed by atoms with Gasteiger partial charge in [-0.1, -0.05) is 19.1 Å². The number of rotatable bonds is 5. The van der Waals surface area contributed by atoms with Crippen LogP contribution >= 0.6 is 45.7 Å². The smallest absolute Gasteiger partial charge is 0.113 e. The number of para-hydroxylation sites is 1. The normalized spacial score (nSPS) is 10.5. The van der Waals surface area contributed by atoms with Gasteiger partial charge in [-0.25, -0.2) is 4.98 Å². The summed E-state index contributed by atoms with van der Waals surface area (Å²) in [6, 6.07) is 8.42. The molecule has 0 unspecified atom stereocenters. The molecule has 0 spiro atoms. The number of anilines is 1. The minimum absolute atomic E-state index is 0.801. The molecular formula is C12H13IN2S2. The monoisotopic (exact) mass is 376 g/mol. The maximum Gasteiger partial charge on any atom is 0.113 e. The molecule has 5 heteroatoms. The summed E-state index contributed by atoms with van der Waals surface area (Å²) in [5, 5.41) is 4.58. The number of nitrogens with zero attached hydrogens (tertiary/aromatic N) is 1. The van der Waals surface area contributed by atoms with Crippen LogP contribution in [0, 0.1) is 2.88 Å². The molecule has 90 valence electrons. The fraction of sp³-hybridized carbons (Fsp3) is 0.250. The van der Waals surface area contributed by atoms with Gasteiger partial charge < -0.3 is 5.32 Å². The van der Waals surface area contributed by atoms with Crippen molar-refractivity contribution in [3.63, 3.8) is 0 Å². The lowest BCUT2D eigenvalue weighted by molar-refractivity contribution is 1.09. The molecule has 0 saturated carbocycles. The zero-order valence-corrected chi connectivity index (χ0v) is 13.2. The van der Waals surface area contributed by atoms with E-state index in [1.807, 2.05) is 18.0 Å². The van der Waals surface area contributed by atoms with Crippen LogP contribution in [-0.2, 0) is 6.54 Å². The second-order valence-corrected chi connectivity index (χ2v) is 7.66. The Bertz CT molecular complexity index is 485. The van der Waals surface area contributed by atoms with E-state index >= 15 is 0 Å². The Hall–Kier alpha value is -0.270. The van der Waals surface area contributed by atoms with Gasteiger partial charge in [-0.3, -0.25) is 0 Å². The number of thioether (sulfide) groups is 1. The average Bonchev–Trinajstić information content (AvgIpc) is 2.74. The third-order valence-corrected chi connectivity index (χ3v) is 4.82. The summed E-state index contributed by atoms with van der Waals surface area (Å²) in [4.78, 5) is 5.65. The summed E-state index contributed by atoms with van der Waals surface area (Å²) in [5.74, 6) is 1.09. The van der Waals surface area contributed by atoms with E-state index in [1.165, 1.54) is 13.5 Å². The molecule has 0 radical (unpaired) electrons. The predicted molar refractivity (Wildman–Crippen MR) is 85.0 cm³/mol. The molecule has 2 rings (SSSR count). The molecule has 0 amide bonds. The average molecular weight is 376 g/mol. The predicted octanol–water partition coefficient (Wildman–Crippen LogP) is 4.47. The van der Waals surface area contributed by atoms with Gasteiger partial charge >= 0.3 is 0 Å². The quantitative estimate of drug-likeness (QED) is 0.616. The van der Waals surface area contributed by atoms with Crippen LogP contribution in [0.5, 0.6) is 0 Å². The van der Waals surface area contributed by atoms with Crippen molar-refractivity contribution in [2.75, 3.05) is 11.1 Å². The van der Waals surface area contributed by atoms with Gasteiger partial charge in [0, 0.05) is 10.6 Å². The highest BCUT2D eigenvalue weighted by atomic mass is 127. The molecule has 0 aliphatic heterocycles. The first-order valence-corrected chi connectivity index (χ1v) is 8.23. The number of aromatic nitrogens is 1. The van der Waals surface area contributed by atoms with Gasteiger partial charge in [-0.15, -0.1) is 23.1 Å². The van der Waals surface area contributed by atoms with Crippen molar-refractivity contribution < 1.29 is 0 Å². The number of hydrogen-bond donors (Lipinski definition) is 1. The maximum absolute atomic E-state index is 4.35. The Morgan fingerprint density at radius 3 is 2.94 bits per heavy atom. The van der Waals surface area contributed by atoms with Gasteiger partial charge in [0.05, 0.1) is 15.6 Å². The number of benzene rings is 1. The second-order valence-electron chi connectivity index (χ2n) is 3.34. The summed E-state index contributed by atoms with van der Waals surface area (Å²) < 4.78 is 1.23. The van der Waals surface area contributed by atoms with Crippen LogP contribution in [0.15, 0.2) is 35.4 Å². The molecular weight excluding hydrogens is 363 g/mol. The molecule has 1 N–H and O–H groups in total. The van der Waals surface area contributed by atoms with E-state index in [0.717, 1.165) is 17.3 Å². The molecule has 1 aromatic heterocycles. The molecule has 1 heterocycles. The standard InChI is InChI=1S/C12H13IN2S2/c1-2-16-10-6-4-3-5-9(10)14-8-12-15-7-11(13)17-12/h3-7,14H,2,8H2,1H3. The van der Waals surface area contributed by atoms with Crippen LogP contribution in [0.4, 0.5) is 5.69 Å². The fourth-order valence-electron chi connectivity index (χ4n) is 1.43. The highest BCUT2D eigenvalue weighted by Gasteiger charge is 2.03. The van der Waals surface area contributed by atoms with Crippen LogP contribution in [0.1, 0.15) is 11.9 Å². The lowest BCUT2D eigenvalue weighted by Gasteiger charge is -2.09. The first-order chi connectivity index (χ1) is 8.29. The zero-order chi connectivity index (χ0) is 12.1. The molecule has 2 nitrogen and oxygen atoms in total. The fourth-order valence-corrected chi connectivity index (χ4v) is 3.70. The minimum atomic E-state index is 0.801. The largest absolute Gasteiger partial charge is 0.378 e. The SMILES string of the molecule is CCSc1ccccc1NCc1ncc(I)s1. The topological polar surface area (TPSA) is 24.9 Å². The minimum Gasteiger partial charge on any atom is -0.378 e. The van der Waals surface area contributed by atoms with Gasteiger partial charge in [-0.05, 0) is 40.5 Å². The molecule has 0 atom stereocenters. The molecule has 0 saturated heterocycles. The van der Waals surface area contributed by atoms with Crippen LogP contribution in [0.2, 0.25) is 0 Å². The number of nitrogens with one attached hydrogen (secondary N) is 1. The number of thiazole rings is 1. The van der Waals surface area contributed by atoms with Gasteiger partial charge in [-0.2, -0.15) is 0 Å². The molecule has 0 aliphatic rings. The molecule has 2 aromatic rings. The summed E-state index contributed by atoms with van der Waals surface area (Å²) >= 11 is 5.89.